The number of methoxy groups -OCH3 is 1. The maximum atomic E-state index is 12.5. The molecule has 1 N–H and O–H groups in total. The van der Waals surface area contributed by atoms with Crippen molar-refractivity contribution < 1.29 is 19.4 Å². The van der Waals surface area contributed by atoms with Gasteiger partial charge in [0, 0.05) is 20.1 Å². The number of aliphatic carboxylic acids is 1. The molecule has 0 saturated heterocycles. The van der Waals surface area contributed by atoms with Crippen molar-refractivity contribution in [3.63, 3.8) is 0 Å². The lowest BCUT2D eigenvalue weighted by Crippen LogP contribution is -2.45. The van der Waals surface area contributed by atoms with Gasteiger partial charge in [-0.05, 0) is 26.7 Å². The lowest BCUT2D eigenvalue weighted by atomic mass is 9.71. The highest BCUT2D eigenvalue weighted by Gasteiger charge is 2.42. The van der Waals surface area contributed by atoms with E-state index in [2.05, 4.69) is 0 Å². The number of nitrogens with zero attached hydrogens (tertiary/aromatic N) is 1. The third-order valence-corrected chi connectivity index (χ3v) is 4.35. The summed E-state index contributed by atoms with van der Waals surface area (Å²) in [6.07, 6.45) is 4.22. The minimum Gasteiger partial charge on any atom is -0.481 e. The zero-order valence-corrected chi connectivity index (χ0v) is 12.9. The number of ether oxygens (including phenoxy) is 1. The number of carboxylic acids is 1. The minimum absolute atomic E-state index is 0.0214. The first-order valence-electron chi connectivity index (χ1n) is 7.48. The Morgan fingerprint density at radius 1 is 1.30 bits per heavy atom. The second-order valence-corrected chi connectivity index (χ2v) is 5.81. The maximum absolute atomic E-state index is 12.5. The summed E-state index contributed by atoms with van der Waals surface area (Å²) in [5, 5.41) is 9.54. The van der Waals surface area contributed by atoms with Crippen LogP contribution in [0.4, 0.5) is 0 Å². The fourth-order valence-electron chi connectivity index (χ4n) is 3.15. The van der Waals surface area contributed by atoms with Crippen molar-refractivity contribution in [2.75, 3.05) is 20.3 Å². The number of carbonyl (C=O) groups is 2. The van der Waals surface area contributed by atoms with E-state index in [1.165, 1.54) is 0 Å². The van der Waals surface area contributed by atoms with Crippen molar-refractivity contribution in [1.29, 1.82) is 0 Å². The molecule has 0 aromatic carbocycles. The van der Waals surface area contributed by atoms with Gasteiger partial charge in [-0.25, -0.2) is 0 Å². The van der Waals surface area contributed by atoms with Gasteiger partial charge in [-0.1, -0.05) is 19.3 Å². The van der Waals surface area contributed by atoms with Crippen LogP contribution >= 0.6 is 0 Å². The van der Waals surface area contributed by atoms with Gasteiger partial charge in [-0.15, -0.1) is 0 Å². The number of carbonyl (C=O) groups excluding carboxylic acids is 1. The fourth-order valence-corrected chi connectivity index (χ4v) is 3.15. The Kier molecular flexibility index (Phi) is 6.46. The van der Waals surface area contributed by atoms with E-state index in [-0.39, 0.29) is 18.4 Å². The van der Waals surface area contributed by atoms with Crippen molar-refractivity contribution in [2.45, 2.75) is 58.4 Å². The predicted molar refractivity (Wildman–Crippen MR) is 76.5 cm³/mol. The molecule has 5 heteroatoms. The Morgan fingerprint density at radius 2 is 1.90 bits per heavy atom. The Hall–Kier alpha value is -1.10. The van der Waals surface area contributed by atoms with Gasteiger partial charge in [0.05, 0.1) is 18.1 Å². The highest BCUT2D eigenvalue weighted by Crippen LogP contribution is 2.40. The number of hydrogen-bond acceptors (Lipinski definition) is 3. The zero-order valence-electron chi connectivity index (χ0n) is 12.9. The molecule has 0 bridgehead atoms. The van der Waals surface area contributed by atoms with Crippen LogP contribution in [0.3, 0.4) is 0 Å². The standard InChI is InChI=1S/C15H27NO4/c1-4-16(12(2)11-20-3)13(17)10-15(14(18)19)8-6-5-7-9-15/h12H,4-11H2,1-3H3,(H,18,19). The van der Waals surface area contributed by atoms with E-state index >= 15 is 0 Å². The zero-order chi connectivity index (χ0) is 15.2. The molecule has 1 unspecified atom stereocenters. The van der Waals surface area contributed by atoms with Crippen LogP contribution in [0.2, 0.25) is 0 Å². The first kappa shape index (κ1) is 17.0. The summed E-state index contributed by atoms with van der Waals surface area (Å²) < 4.78 is 5.09. The second kappa shape index (κ2) is 7.62. The Balaban J connectivity index is 2.76. The summed E-state index contributed by atoms with van der Waals surface area (Å²) in [4.78, 5) is 25.8. The van der Waals surface area contributed by atoms with Crippen LogP contribution in [0.1, 0.15) is 52.4 Å². The monoisotopic (exact) mass is 285 g/mol. The molecule has 0 aromatic rings. The molecular weight excluding hydrogens is 258 g/mol. The van der Waals surface area contributed by atoms with Crippen LogP contribution in [0, 0.1) is 5.41 Å². The van der Waals surface area contributed by atoms with E-state index in [0.717, 1.165) is 19.3 Å². The summed E-state index contributed by atoms with van der Waals surface area (Å²) in [6.45, 7) is 4.90. The molecule has 1 atom stereocenters. The lowest BCUT2D eigenvalue weighted by Gasteiger charge is -2.36. The Labute approximate surface area is 121 Å². The van der Waals surface area contributed by atoms with Gasteiger partial charge in [0.2, 0.25) is 5.91 Å². The molecule has 0 aliphatic heterocycles. The van der Waals surface area contributed by atoms with E-state index in [9.17, 15) is 14.7 Å². The highest BCUT2D eigenvalue weighted by molar-refractivity contribution is 5.85. The van der Waals surface area contributed by atoms with Crippen LogP contribution in [0.25, 0.3) is 0 Å². The number of hydrogen-bond donors (Lipinski definition) is 1. The van der Waals surface area contributed by atoms with Gasteiger partial charge in [-0.3, -0.25) is 9.59 Å². The molecule has 1 amide bonds. The Morgan fingerprint density at radius 3 is 2.35 bits per heavy atom. The quantitative estimate of drug-likeness (QED) is 0.779. The largest absolute Gasteiger partial charge is 0.481 e. The fraction of sp³-hybridized carbons (Fsp3) is 0.867. The van der Waals surface area contributed by atoms with E-state index in [1.807, 2.05) is 13.8 Å². The molecule has 1 rings (SSSR count). The SMILES string of the molecule is CCN(C(=O)CC1(C(=O)O)CCCCC1)C(C)COC. The van der Waals surface area contributed by atoms with Crippen LogP contribution in [-0.2, 0) is 14.3 Å². The third-order valence-electron chi connectivity index (χ3n) is 4.35. The molecule has 0 spiro atoms. The number of rotatable bonds is 7. The van der Waals surface area contributed by atoms with Crippen LogP contribution in [-0.4, -0.2) is 48.2 Å². The van der Waals surface area contributed by atoms with Gasteiger partial charge in [0.15, 0.2) is 0 Å². The number of amides is 1. The first-order valence-corrected chi connectivity index (χ1v) is 7.48. The van der Waals surface area contributed by atoms with Gasteiger partial charge in [0.1, 0.15) is 0 Å². The smallest absolute Gasteiger partial charge is 0.310 e. The molecule has 5 nitrogen and oxygen atoms in total. The van der Waals surface area contributed by atoms with Crippen molar-refractivity contribution in [2.24, 2.45) is 5.41 Å². The summed E-state index contributed by atoms with van der Waals surface area (Å²) in [5.41, 5.74) is -0.852. The molecule has 1 saturated carbocycles. The van der Waals surface area contributed by atoms with E-state index in [4.69, 9.17) is 4.74 Å². The summed E-state index contributed by atoms with van der Waals surface area (Å²) in [6, 6.07) is -0.0214. The molecule has 0 radical (unpaired) electrons. The molecule has 116 valence electrons. The van der Waals surface area contributed by atoms with Crippen molar-refractivity contribution in [3.8, 4) is 0 Å². The second-order valence-electron chi connectivity index (χ2n) is 5.81. The molecule has 0 heterocycles. The normalized spacial score (nSPS) is 19.4. The number of likely N-dealkylation sites (N-methyl/N-ethyl adjacent to an activating group) is 1. The van der Waals surface area contributed by atoms with Gasteiger partial charge in [-0.2, -0.15) is 0 Å². The van der Waals surface area contributed by atoms with E-state index < -0.39 is 11.4 Å². The molecule has 0 aromatic heterocycles. The van der Waals surface area contributed by atoms with Gasteiger partial charge < -0.3 is 14.7 Å². The molecule has 20 heavy (non-hydrogen) atoms. The van der Waals surface area contributed by atoms with Crippen LogP contribution in [0.5, 0.6) is 0 Å². The van der Waals surface area contributed by atoms with Crippen LogP contribution < -0.4 is 0 Å². The average Bonchev–Trinajstić information content (AvgIpc) is 2.40. The van der Waals surface area contributed by atoms with E-state index in [0.29, 0.717) is 26.0 Å². The lowest BCUT2D eigenvalue weighted by molar-refractivity contribution is -0.156. The molecule has 1 fully saturated rings. The summed E-state index contributed by atoms with van der Waals surface area (Å²) in [7, 11) is 1.61. The van der Waals surface area contributed by atoms with Gasteiger partial charge in [0.25, 0.3) is 0 Å². The molecule has 1 aliphatic carbocycles. The highest BCUT2D eigenvalue weighted by atomic mass is 16.5. The van der Waals surface area contributed by atoms with E-state index in [1.54, 1.807) is 12.0 Å². The van der Waals surface area contributed by atoms with Crippen LogP contribution in [0.15, 0.2) is 0 Å². The summed E-state index contributed by atoms with van der Waals surface area (Å²) >= 11 is 0. The average molecular weight is 285 g/mol. The summed E-state index contributed by atoms with van der Waals surface area (Å²) in [5.74, 6) is -0.887. The third kappa shape index (κ3) is 3.95. The van der Waals surface area contributed by atoms with Crippen molar-refractivity contribution in [1.82, 2.24) is 4.90 Å². The Bertz CT molecular complexity index is 337. The number of carboxylic acid groups (broad SMARTS) is 1. The van der Waals surface area contributed by atoms with Crippen molar-refractivity contribution in [3.05, 3.63) is 0 Å². The van der Waals surface area contributed by atoms with Gasteiger partial charge >= 0.3 is 5.97 Å². The maximum Gasteiger partial charge on any atom is 0.310 e. The van der Waals surface area contributed by atoms with Crippen molar-refractivity contribution >= 4 is 11.9 Å². The minimum atomic E-state index is -0.852. The molecular formula is C15H27NO4. The topological polar surface area (TPSA) is 66.8 Å². The molecule has 1 aliphatic rings. The first-order chi connectivity index (χ1) is 9.46. The predicted octanol–water partition coefficient (Wildman–Crippen LogP) is 2.29.